The van der Waals surface area contributed by atoms with Gasteiger partial charge >= 0.3 is 135 Å². The van der Waals surface area contributed by atoms with Crippen LogP contribution >= 0.6 is 0 Å². The molecule has 4 rings (SSSR count). The van der Waals surface area contributed by atoms with Crippen LogP contribution < -0.4 is 0 Å². The van der Waals surface area contributed by atoms with Crippen LogP contribution in [0.2, 0.25) is 0 Å². The van der Waals surface area contributed by atoms with Gasteiger partial charge < -0.3 is 0 Å². The average molecular weight is 333 g/mol. The van der Waals surface area contributed by atoms with E-state index in [0.29, 0.717) is 5.92 Å². The van der Waals surface area contributed by atoms with Crippen molar-refractivity contribution in [2.24, 2.45) is 0 Å². The Balaban J connectivity index is 1.92. The van der Waals surface area contributed by atoms with Crippen molar-refractivity contribution in [1.82, 2.24) is 0 Å². The van der Waals surface area contributed by atoms with Gasteiger partial charge in [0.15, 0.2) is 0 Å². The van der Waals surface area contributed by atoms with Gasteiger partial charge in [0.05, 0.1) is 0 Å². The molecular formula is C19H13Zr. The molecule has 2 aromatic carbocycles. The summed E-state index contributed by atoms with van der Waals surface area (Å²) in [7, 11) is 0. The fourth-order valence-corrected chi connectivity index (χ4v) is 3.78. The van der Waals surface area contributed by atoms with Gasteiger partial charge in [-0.1, -0.05) is 0 Å². The summed E-state index contributed by atoms with van der Waals surface area (Å²) in [5, 5.41) is 0. The van der Waals surface area contributed by atoms with Gasteiger partial charge in [-0.3, -0.25) is 0 Å². The van der Waals surface area contributed by atoms with Gasteiger partial charge in [0.25, 0.3) is 0 Å². The molecule has 20 heavy (non-hydrogen) atoms. The fraction of sp³-hybridized carbons (Fsp3) is 0.0526. The Labute approximate surface area is 134 Å². The summed E-state index contributed by atoms with van der Waals surface area (Å²) in [6, 6.07) is 17.6. The zero-order valence-corrected chi connectivity index (χ0v) is 13.5. The summed E-state index contributed by atoms with van der Waals surface area (Å²) in [4.78, 5) is 0. The Morgan fingerprint density at radius 3 is 2.00 bits per heavy atom. The Morgan fingerprint density at radius 2 is 1.45 bits per heavy atom. The van der Waals surface area contributed by atoms with Crippen LogP contribution in [0.5, 0.6) is 0 Å². The SMILES string of the molecule is [Zr][C]1=CC=CC1=CC1c2ccccc2-c2ccccc21. The van der Waals surface area contributed by atoms with Crippen LogP contribution in [0.1, 0.15) is 17.0 Å². The maximum absolute atomic E-state index is 2.43. The molecular weight excluding hydrogens is 319 g/mol. The summed E-state index contributed by atoms with van der Waals surface area (Å²) >= 11 is 1.49. The fourth-order valence-electron chi connectivity index (χ4n) is 3.13. The van der Waals surface area contributed by atoms with Crippen molar-refractivity contribution < 1.29 is 24.7 Å². The van der Waals surface area contributed by atoms with E-state index in [4.69, 9.17) is 0 Å². The first-order valence-corrected chi connectivity index (χ1v) is 8.08. The van der Waals surface area contributed by atoms with E-state index in [9.17, 15) is 0 Å². The molecule has 0 heterocycles. The van der Waals surface area contributed by atoms with E-state index in [-0.39, 0.29) is 0 Å². The van der Waals surface area contributed by atoms with E-state index in [0.717, 1.165) is 0 Å². The van der Waals surface area contributed by atoms with Gasteiger partial charge in [-0.2, -0.15) is 0 Å². The quantitative estimate of drug-likeness (QED) is 0.708. The van der Waals surface area contributed by atoms with Crippen molar-refractivity contribution in [3.63, 3.8) is 0 Å². The third-order valence-electron chi connectivity index (χ3n) is 4.08. The molecule has 0 aliphatic heterocycles. The second kappa shape index (κ2) is 4.83. The van der Waals surface area contributed by atoms with Crippen LogP contribution in [0.25, 0.3) is 11.1 Å². The van der Waals surface area contributed by atoms with Crippen molar-refractivity contribution in [1.29, 1.82) is 0 Å². The van der Waals surface area contributed by atoms with Crippen LogP contribution in [0.3, 0.4) is 0 Å². The minimum atomic E-state index is 0.393. The molecule has 0 atom stereocenters. The number of hydrogen-bond donors (Lipinski definition) is 0. The number of fused-ring (bicyclic) bond motifs is 3. The monoisotopic (exact) mass is 331 g/mol. The predicted molar refractivity (Wildman–Crippen MR) is 79.0 cm³/mol. The molecule has 93 valence electrons. The summed E-state index contributed by atoms with van der Waals surface area (Å²) in [5.41, 5.74) is 7.04. The molecule has 0 N–H and O–H groups in total. The zero-order valence-electron chi connectivity index (χ0n) is 11.0. The molecule has 0 bridgehead atoms. The molecule has 0 saturated carbocycles. The van der Waals surface area contributed by atoms with E-state index in [1.807, 2.05) is 0 Å². The zero-order chi connectivity index (χ0) is 13.5. The Kier molecular flexibility index (Phi) is 2.97. The Bertz CT molecular complexity index is 732. The number of benzene rings is 2. The summed E-state index contributed by atoms with van der Waals surface area (Å²) in [6.07, 6.45) is 9.03. The third kappa shape index (κ3) is 1.84. The van der Waals surface area contributed by atoms with Gasteiger partial charge in [0.1, 0.15) is 0 Å². The molecule has 0 aromatic heterocycles. The second-order valence-corrected chi connectivity index (χ2v) is 6.54. The molecule has 0 amide bonds. The molecule has 0 saturated heterocycles. The standard InChI is InChI=1S/C19H13.Zr/c1-2-8-14(7-1)13-19-17-11-5-3-9-15(17)16-10-4-6-12-18(16)19;/h1-7,9-13,19H;. The van der Waals surface area contributed by atoms with Crippen LogP contribution in [-0.2, 0) is 24.7 Å². The van der Waals surface area contributed by atoms with Gasteiger partial charge in [0, 0.05) is 0 Å². The third-order valence-corrected chi connectivity index (χ3v) is 5.20. The topological polar surface area (TPSA) is 0 Å². The van der Waals surface area contributed by atoms with Gasteiger partial charge in [-0.25, -0.2) is 0 Å². The van der Waals surface area contributed by atoms with Crippen LogP contribution in [0.15, 0.2) is 81.7 Å². The van der Waals surface area contributed by atoms with Crippen LogP contribution in [0.4, 0.5) is 0 Å². The van der Waals surface area contributed by atoms with E-state index in [1.54, 1.807) is 0 Å². The van der Waals surface area contributed by atoms with Gasteiger partial charge in [-0.15, -0.1) is 0 Å². The molecule has 2 aromatic rings. The van der Waals surface area contributed by atoms with Gasteiger partial charge in [0.2, 0.25) is 0 Å². The molecule has 0 nitrogen and oxygen atoms in total. The normalized spacial score (nSPS) is 18.1. The molecule has 0 unspecified atom stereocenters. The predicted octanol–water partition coefficient (Wildman–Crippen LogP) is 4.73. The molecule has 0 radical (unpaired) electrons. The maximum atomic E-state index is 2.43. The first-order chi connectivity index (χ1) is 9.84. The van der Waals surface area contributed by atoms with Crippen molar-refractivity contribution >= 4 is 0 Å². The first-order valence-electron chi connectivity index (χ1n) is 6.85. The van der Waals surface area contributed by atoms with E-state index >= 15 is 0 Å². The number of hydrogen-bond acceptors (Lipinski definition) is 0. The number of allylic oxidation sites excluding steroid dienone is 6. The van der Waals surface area contributed by atoms with E-state index in [1.165, 1.54) is 55.8 Å². The molecule has 0 fully saturated rings. The first kappa shape index (κ1) is 12.3. The Hall–Kier alpha value is -1.46. The Morgan fingerprint density at radius 1 is 0.850 bits per heavy atom. The molecule has 1 heteroatoms. The molecule has 2 aliphatic rings. The molecule has 0 spiro atoms. The average Bonchev–Trinajstić information content (AvgIpc) is 3.03. The van der Waals surface area contributed by atoms with Crippen molar-refractivity contribution in [3.8, 4) is 11.1 Å². The van der Waals surface area contributed by atoms with Crippen molar-refractivity contribution in [2.75, 3.05) is 0 Å². The second-order valence-electron chi connectivity index (χ2n) is 5.21. The summed E-state index contributed by atoms with van der Waals surface area (Å²) in [5.74, 6) is 0.393. The van der Waals surface area contributed by atoms with Crippen LogP contribution in [-0.4, -0.2) is 0 Å². The summed E-state index contributed by atoms with van der Waals surface area (Å²) in [6.45, 7) is 0. The van der Waals surface area contributed by atoms with Crippen LogP contribution in [0, 0.1) is 0 Å². The van der Waals surface area contributed by atoms with E-state index in [2.05, 4.69) is 72.8 Å². The number of rotatable bonds is 1. The minimum absolute atomic E-state index is 0.393. The van der Waals surface area contributed by atoms with E-state index < -0.39 is 0 Å². The van der Waals surface area contributed by atoms with Crippen molar-refractivity contribution in [3.05, 3.63) is 92.8 Å². The summed E-state index contributed by atoms with van der Waals surface area (Å²) < 4.78 is 1.44. The van der Waals surface area contributed by atoms with Crippen molar-refractivity contribution in [2.45, 2.75) is 5.92 Å². The molecule has 2 aliphatic carbocycles. The van der Waals surface area contributed by atoms with Gasteiger partial charge in [-0.05, 0) is 0 Å².